The highest BCUT2D eigenvalue weighted by atomic mass is 16.5. The van der Waals surface area contributed by atoms with Crippen molar-refractivity contribution in [3.05, 3.63) is 35.7 Å². The van der Waals surface area contributed by atoms with E-state index in [1.165, 1.54) is 13.2 Å². The van der Waals surface area contributed by atoms with Gasteiger partial charge >= 0.3 is 0 Å². The zero-order valence-corrected chi connectivity index (χ0v) is 12.3. The van der Waals surface area contributed by atoms with Gasteiger partial charge in [0.05, 0.1) is 7.11 Å². The molecule has 1 aromatic heterocycles. The van der Waals surface area contributed by atoms with Crippen molar-refractivity contribution in [2.45, 2.75) is 20.3 Å². The van der Waals surface area contributed by atoms with Gasteiger partial charge in [-0.3, -0.25) is 9.89 Å². The first-order chi connectivity index (χ1) is 9.99. The molecule has 1 aromatic carbocycles. The van der Waals surface area contributed by atoms with Crippen molar-refractivity contribution in [3.63, 3.8) is 0 Å². The Bertz CT molecular complexity index is 635. The summed E-state index contributed by atoms with van der Waals surface area (Å²) >= 11 is 0. The predicted octanol–water partition coefficient (Wildman–Crippen LogP) is 2.57. The van der Waals surface area contributed by atoms with Gasteiger partial charge in [-0.25, -0.2) is 0 Å². The van der Waals surface area contributed by atoms with Gasteiger partial charge in [0.2, 0.25) is 0 Å². The summed E-state index contributed by atoms with van der Waals surface area (Å²) in [6.45, 7) is 4.20. The van der Waals surface area contributed by atoms with Crippen LogP contribution in [-0.2, 0) is 6.42 Å². The standard InChI is InChI=1S/C15H19N3O3/c1-9(2)6-11-7-12(18-17-11)15(20)16-10-4-5-13(19)14(8-10)21-3/h4-5,7-9,19H,6H2,1-3H3,(H,16,20)(H,17,18). The van der Waals surface area contributed by atoms with Gasteiger partial charge in [0, 0.05) is 17.4 Å². The summed E-state index contributed by atoms with van der Waals surface area (Å²) in [4.78, 5) is 12.1. The second kappa shape index (κ2) is 6.30. The minimum absolute atomic E-state index is 0.0227. The number of aromatic amines is 1. The molecular weight excluding hydrogens is 270 g/mol. The molecule has 2 rings (SSSR count). The molecule has 1 heterocycles. The zero-order valence-electron chi connectivity index (χ0n) is 12.3. The summed E-state index contributed by atoms with van der Waals surface area (Å²) in [6.07, 6.45) is 0.841. The number of hydrogen-bond donors (Lipinski definition) is 3. The van der Waals surface area contributed by atoms with Gasteiger partial charge in [-0.2, -0.15) is 5.10 Å². The van der Waals surface area contributed by atoms with Crippen LogP contribution in [0.3, 0.4) is 0 Å². The van der Waals surface area contributed by atoms with Crippen LogP contribution in [0.2, 0.25) is 0 Å². The van der Waals surface area contributed by atoms with E-state index in [9.17, 15) is 9.90 Å². The third-order valence-electron chi connectivity index (χ3n) is 2.93. The number of phenols is 1. The van der Waals surface area contributed by atoms with Crippen LogP contribution < -0.4 is 10.1 Å². The molecule has 1 amide bonds. The monoisotopic (exact) mass is 289 g/mol. The molecule has 0 aliphatic heterocycles. The molecule has 0 bridgehead atoms. The Kier molecular flexibility index (Phi) is 4.47. The number of nitrogens with one attached hydrogen (secondary N) is 2. The summed E-state index contributed by atoms with van der Waals surface area (Å²) in [5.74, 6) is 0.501. The second-order valence-electron chi connectivity index (χ2n) is 5.22. The van der Waals surface area contributed by atoms with Crippen LogP contribution in [0.25, 0.3) is 0 Å². The summed E-state index contributed by atoms with van der Waals surface area (Å²) in [5.41, 5.74) is 1.79. The van der Waals surface area contributed by atoms with Gasteiger partial charge in [-0.15, -0.1) is 0 Å². The van der Waals surface area contributed by atoms with Crippen LogP contribution in [0.4, 0.5) is 5.69 Å². The van der Waals surface area contributed by atoms with E-state index >= 15 is 0 Å². The fraction of sp³-hybridized carbons (Fsp3) is 0.333. The highest BCUT2D eigenvalue weighted by molar-refractivity contribution is 6.03. The average molecular weight is 289 g/mol. The normalized spacial score (nSPS) is 10.7. The van der Waals surface area contributed by atoms with Crippen molar-refractivity contribution >= 4 is 11.6 Å². The minimum Gasteiger partial charge on any atom is -0.504 e. The fourth-order valence-corrected chi connectivity index (χ4v) is 1.97. The molecule has 6 nitrogen and oxygen atoms in total. The third kappa shape index (κ3) is 3.75. The van der Waals surface area contributed by atoms with Crippen molar-refractivity contribution in [1.29, 1.82) is 0 Å². The SMILES string of the molecule is COc1cc(NC(=O)c2cc(CC(C)C)[nH]n2)ccc1O. The van der Waals surface area contributed by atoms with E-state index < -0.39 is 0 Å². The lowest BCUT2D eigenvalue weighted by Gasteiger charge is -2.07. The number of anilines is 1. The van der Waals surface area contributed by atoms with Crippen LogP contribution >= 0.6 is 0 Å². The largest absolute Gasteiger partial charge is 0.504 e. The molecule has 0 spiro atoms. The van der Waals surface area contributed by atoms with Crippen LogP contribution in [0.15, 0.2) is 24.3 Å². The highest BCUT2D eigenvalue weighted by Gasteiger charge is 2.12. The number of benzene rings is 1. The molecule has 112 valence electrons. The first-order valence-corrected chi connectivity index (χ1v) is 6.72. The number of carbonyl (C=O) groups excluding carboxylic acids is 1. The summed E-state index contributed by atoms with van der Waals surface area (Å²) in [7, 11) is 1.45. The Labute approximate surface area is 123 Å². The van der Waals surface area contributed by atoms with Crippen LogP contribution in [-0.4, -0.2) is 28.3 Å². The average Bonchev–Trinajstić information content (AvgIpc) is 2.88. The second-order valence-corrected chi connectivity index (χ2v) is 5.22. The maximum Gasteiger partial charge on any atom is 0.276 e. The molecule has 0 saturated heterocycles. The first kappa shape index (κ1) is 14.9. The maximum absolute atomic E-state index is 12.1. The Morgan fingerprint density at radius 2 is 2.19 bits per heavy atom. The third-order valence-corrected chi connectivity index (χ3v) is 2.93. The van der Waals surface area contributed by atoms with Crippen LogP contribution in [0, 0.1) is 5.92 Å². The van der Waals surface area contributed by atoms with E-state index in [1.807, 2.05) is 0 Å². The number of methoxy groups -OCH3 is 1. The van der Waals surface area contributed by atoms with E-state index in [4.69, 9.17) is 4.74 Å². The van der Waals surface area contributed by atoms with E-state index in [1.54, 1.807) is 18.2 Å². The molecule has 3 N–H and O–H groups in total. The van der Waals surface area contributed by atoms with Crippen LogP contribution in [0.5, 0.6) is 11.5 Å². The van der Waals surface area contributed by atoms with Crippen molar-refractivity contribution in [2.75, 3.05) is 12.4 Å². The van der Waals surface area contributed by atoms with Gasteiger partial charge in [0.15, 0.2) is 17.2 Å². The number of amides is 1. The van der Waals surface area contributed by atoms with Crippen molar-refractivity contribution < 1.29 is 14.6 Å². The zero-order chi connectivity index (χ0) is 15.4. The topological polar surface area (TPSA) is 87.2 Å². The molecular formula is C15H19N3O3. The Morgan fingerprint density at radius 1 is 1.43 bits per heavy atom. The van der Waals surface area contributed by atoms with Gasteiger partial charge in [-0.1, -0.05) is 13.8 Å². The number of nitrogens with zero attached hydrogens (tertiary/aromatic N) is 1. The molecule has 0 aliphatic carbocycles. The number of rotatable bonds is 5. The van der Waals surface area contributed by atoms with Crippen molar-refractivity contribution in [1.82, 2.24) is 10.2 Å². The number of hydrogen-bond acceptors (Lipinski definition) is 4. The molecule has 21 heavy (non-hydrogen) atoms. The number of aromatic nitrogens is 2. The summed E-state index contributed by atoms with van der Waals surface area (Å²) in [5, 5.41) is 19.1. The van der Waals surface area contributed by atoms with Gasteiger partial charge in [-0.05, 0) is 30.5 Å². The van der Waals surface area contributed by atoms with Crippen molar-refractivity contribution in [3.8, 4) is 11.5 Å². The molecule has 0 fully saturated rings. The Morgan fingerprint density at radius 3 is 2.86 bits per heavy atom. The van der Waals surface area contributed by atoms with Crippen LogP contribution in [0.1, 0.15) is 30.0 Å². The maximum atomic E-state index is 12.1. The minimum atomic E-state index is -0.311. The number of carbonyl (C=O) groups is 1. The molecule has 6 heteroatoms. The molecule has 0 atom stereocenters. The van der Waals surface area contributed by atoms with E-state index in [0.717, 1.165) is 12.1 Å². The van der Waals surface area contributed by atoms with Gasteiger partial charge < -0.3 is 15.2 Å². The molecule has 2 aromatic rings. The lowest BCUT2D eigenvalue weighted by Crippen LogP contribution is -2.12. The molecule has 0 radical (unpaired) electrons. The lowest BCUT2D eigenvalue weighted by molar-refractivity contribution is 0.102. The molecule has 0 unspecified atom stereocenters. The number of H-pyrrole nitrogens is 1. The number of ether oxygens (including phenoxy) is 1. The predicted molar refractivity (Wildman–Crippen MR) is 79.7 cm³/mol. The summed E-state index contributed by atoms with van der Waals surface area (Å²) in [6, 6.07) is 6.35. The van der Waals surface area contributed by atoms with Gasteiger partial charge in [0.1, 0.15) is 0 Å². The van der Waals surface area contributed by atoms with E-state index in [-0.39, 0.29) is 11.7 Å². The Balaban J connectivity index is 2.09. The lowest BCUT2D eigenvalue weighted by atomic mass is 10.1. The molecule has 0 aliphatic rings. The Hall–Kier alpha value is -2.50. The molecule has 0 saturated carbocycles. The smallest absolute Gasteiger partial charge is 0.276 e. The fourth-order valence-electron chi connectivity index (χ4n) is 1.97. The number of aromatic hydroxyl groups is 1. The van der Waals surface area contributed by atoms with Crippen molar-refractivity contribution in [2.24, 2.45) is 5.92 Å². The quantitative estimate of drug-likeness (QED) is 0.738. The number of phenolic OH excluding ortho intramolecular Hbond substituents is 1. The first-order valence-electron chi connectivity index (χ1n) is 6.72. The van der Waals surface area contributed by atoms with E-state index in [0.29, 0.717) is 23.0 Å². The van der Waals surface area contributed by atoms with E-state index in [2.05, 4.69) is 29.4 Å². The van der Waals surface area contributed by atoms with Gasteiger partial charge in [0.25, 0.3) is 5.91 Å². The summed E-state index contributed by atoms with van der Waals surface area (Å²) < 4.78 is 5.00. The highest BCUT2D eigenvalue weighted by Crippen LogP contribution is 2.28.